The molecule has 8 nitrogen and oxygen atoms in total. The van der Waals surface area contributed by atoms with Crippen molar-refractivity contribution in [1.29, 1.82) is 0 Å². The minimum Gasteiger partial charge on any atom is -0.480 e. The van der Waals surface area contributed by atoms with Crippen LogP contribution in [-0.2, 0) is 14.3 Å². The number of amides is 3. The second-order valence-corrected chi connectivity index (χ2v) is 4.53. The maximum absolute atomic E-state index is 12.1. The lowest BCUT2D eigenvalue weighted by molar-refractivity contribution is -0.139. The number of morpholine rings is 1. The Bertz CT molecular complexity index is 374. The molecule has 0 saturated carbocycles. The first kappa shape index (κ1) is 16.2. The largest absolute Gasteiger partial charge is 0.480 e. The fraction of sp³-hybridized carbons (Fsp3) is 0.750. The number of hydrogen-bond donors (Lipinski definition) is 3. The fourth-order valence-electron chi connectivity index (χ4n) is 2.01. The SMILES string of the molecule is CCC[C@@H](NC(=O)N1CCOCC1C(=O)NC)C(=O)O. The Kier molecular flexibility index (Phi) is 6.23. The number of aliphatic carboxylic acids is 1. The number of carbonyl (C=O) groups is 3. The van der Waals surface area contributed by atoms with Crippen LogP contribution in [0.1, 0.15) is 19.8 Å². The van der Waals surface area contributed by atoms with E-state index in [9.17, 15) is 14.4 Å². The van der Waals surface area contributed by atoms with Gasteiger partial charge in [0.25, 0.3) is 0 Å². The molecule has 2 atom stereocenters. The van der Waals surface area contributed by atoms with Crippen LogP contribution in [0.15, 0.2) is 0 Å². The van der Waals surface area contributed by atoms with Crippen LogP contribution < -0.4 is 10.6 Å². The molecule has 1 aliphatic heterocycles. The summed E-state index contributed by atoms with van der Waals surface area (Å²) in [6.45, 7) is 2.53. The number of likely N-dealkylation sites (N-methyl/N-ethyl adjacent to an activating group) is 1. The van der Waals surface area contributed by atoms with Gasteiger partial charge >= 0.3 is 12.0 Å². The summed E-state index contributed by atoms with van der Waals surface area (Å²) in [5.74, 6) is -1.41. The van der Waals surface area contributed by atoms with E-state index < -0.39 is 24.1 Å². The molecule has 1 rings (SSSR count). The molecule has 0 aromatic rings. The molecule has 1 aliphatic rings. The molecular weight excluding hydrogens is 266 g/mol. The monoisotopic (exact) mass is 287 g/mol. The van der Waals surface area contributed by atoms with E-state index in [4.69, 9.17) is 9.84 Å². The third kappa shape index (κ3) is 4.09. The van der Waals surface area contributed by atoms with Gasteiger partial charge in [-0.25, -0.2) is 9.59 Å². The highest BCUT2D eigenvalue weighted by molar-refractivity contribution is 5.89. The van der Waals surface area contributed by atoms with Gasteiger partial charge in [0, 0.05) is 13.6 Å². The summed E-state index contributed by atoms with van der Waals surface area (Å²) in [6, 6.07) is -2.23. The van der Waals surface area contributed by atoms with E-state index in [2.05, 4.69) is 10.6 Å². The molecule has 0 aromatic heterocycles. The van der Waals surface area contributed by atoms with Crippen molar-refractivity contribution in [3.05, 3.63) is 0 Å². The number of carboxylic acid groups (broad SMARTS) is 1. The number of ether oxygens (including phenoxy) is 1. The average molecular weight is 287 g/mol. The Morgan fingerprint density at radius 3 is 2.70 bits per heavy atom. The standard InChI is InChI=1S/C12H21N3O5/c1-3-4-8(11(17)18)14-12(19)15-5-6-20-7-9(15)10(16)13-2/h8-9H,3-7H2,1-2H3,(H,13,16)(H,14,19)(H,17,18)/t8-,9?/m1/s1. The lowest BCUT2D eigenvalue weighted by Gasteiger charge is -2.34. The van der Waals surface area contributed by atoms with Crippen LogP contribution in [0.5, 0.6) is 0 Å². The van der Waals surface area contributed by atoms with Gasteiger partial charge in [0.1, 0.15) is 12.1 Å². The predicted octanol–water partition coefficient (Wildman–Crippen LogP) is -0.604. The zero-order valence-corrected chi connectivity index (χ0v) is 11.7. The first-order valence-electron chi connectivity index (χ1n) is 6.60. The maximum atomic E-state index is 12.1. The molecular formula is C12H21N3O5. The van der Waals surface area contributed by atoms with Gasteiger partial charge in [0.2, 0.25) is 5.91 Å². The zero-order valence-electron chi connectivity index (χ0n) is 11.7. The molecule has 0 radical (unpaired) electrons. The number of carboxylic acids is 1. The van der Waals surface area contributed by atoms with Gasteiger partial charge in [0.05, 0.1) is 13.2 Å². The first-order valence-corrected chi connectivity index (χ1v) is 6.60. The van der Waals surface area contributed by atoms with E-state index in [1.807, 2.05) is 6.92 Å². The third-order valence-corrected chi connectivity index (χ3v) is 3.11. The maximum Gasteiger partial charge on any atom is 0.326 e. The Balaban J connectivity index is 2.71. The van der Waals surface area contributed by atoms with Gasteiger partial charge in [-0.1, -0.05) is 13.3 Å². The van der Waals surface area contributed by atoms with Crippen LogP contribution in [0.25, 0.3) is 0 Å². The van der Waals surface area contributed by atoms with Gasteiger partial charge in [-0.05, 0) is 6.42 Å². The summed E-state index contributed by atoms with van der Waals surface area (Å²) in [5, 5.41) is 13.9. The van der Waals surface area contributed by atoms with Gasteiger partial charge in [-0.15, -0.1) is 0 Å². The van der Waals surface area contributed by atoms with Gasteiger partial charge in [0.15, 0.2) is 0 Å². The van der Waals surface area contributed by atoms with E-state index in [0.717, 1.165) is 0 Å². The predicted molar refractivity (Wildman–Crippen MR) is 70.2 cm³/mol. The number of hydrogen-bond acceptors (Lipinski definition) is 4. The summed E-state index contributed by atoms with van der Waals surface area (Å²) in [7, 11) is 1.48. The molecule has 20 heavy (non-hydrogen) atoms. The lowest BCUT2D eigenvalue weighted by atomic mass is 10.1. The molecule has 1 heterocycles. The molecule has 0 spiro atoms. The Morgan fingerprint density at radius 1 is 1.45 bits per heavy atom. The summed E-state index contributed by atoms with van der Waals surface area (Å²) in [6.07, 6.45) is 0.981. The van der Waals surface area contributed by atoms with Crippen LogP contribution in [0.3, 0.4) is 0 Å². The third-order valence-electron chi connectivity index (χ3n) is 3.11. The summed E-state index contributed by atoms with van der Waals surface area (Å²) in [4.78, 5) is 36.2. The van der Waals surface area contributed by atoms with Crippen LogP contribution in [0.4, 0.5) is 4.79 Å². The average Bonchev–Trinajstić information content (AvgIpc) is 2.45. The highest BCUT2D eigenvalue weighted by Gasteiger charge is 2.33. The zero-order chi connectivity index (χ0) is 15.1. The van der Waals surface area contributed by atoms with E-state index in [-0.39, 0.29) is 19.1 Å². The van der Waals surface area contributed by atoms with Crippen molar-refractivity contribution < 1.29 is 24.2 Å². The van der Waals surface area contributed by atoms with Crippen molar-refractivity contribution in [2.75, 3.05) is 26.8 Å². The van der Waals surface area contributed by atoms with E-state index in [0.29, 0.717) is 19.4 Å². The summed E-state index contributed by atoms with van der Waals surface area (Å²) < 4.78 is 5.19. The lowest BCUT2D eigenvalue weighted by Crippen LogP contribution is -2.59. The molecule has 0 aliphatic carbocycles. The Hall–Kier alpha value is -1.83. The van der Waals surface area contributed by atoms with Crippen molar-refractivity contribution in [3.8, 4) is 0 Å². The Morgan fingerprint density at radius 2 is 2.15 bits per heavy atom. The molecule has 1 fully saturated rings. The van der Waals surface area contributed by atoms with Crippen LogP contribution in [-0.4, -0.2) is 66.8 Å². The number of nitrogens with zero attached hydrogens (tertiary/aromatic N) is 1. The number of carbonyl (C=O) groups excluding carboxylic acids is 2. The normalized spacial score (nSPS) is 20.1. The fourth-order valence-corrected chi connectivity index (χ4v) is 2.01. The van der Waals surface area contributed by atoms with Gasteiger partial charge in [-0.2, -0.15) is 0 Å². The molecule has 1 saturated heterocycles. The van der Waals surface area contributed by atoms with Gasteiger partial charge in [-0.3, -0.25) is 4.79 Å². The van der Waals surface area contributed by atoms with Crippen molar-refractivity contribution in [3.63, 3.8) is 0 Å². The number of urea groups is 1. The van der Waals surface area contributed by atoms with Crippen LogP contribution >= 0.6 is 0 Å². The first-order chi connectivity index (χ1) is 9.51. The minimum absolute atomic E-state index is 0.110. The molecule has 8 heteroatoms. The molecule has 1 unspecified atom stereocenters. The van der Waals surface area contributed by atoms with Crippen molar-refractivity contribution in [1.82, 2.24) is 15.5 Å². The Labute approximate surface area is 117 Å². The smallest absolute Gasteiger partial charge is 0.326 e. The molecule has 114 valence electrons. The number of nitrogens with one attached hydrogen (secondary N) is 2. The number of rotatable bonds is 5. The van der Waals surface area contributed by atoms with Crippen molar-refractivity contribution in [2.24, 2.45) is 0 Å². The highest BCUT2D eigenvalue weighted by Crippen LogP contribution is 2.08. The molecule has 3 N–H and O–H groups in total. The highest BCUT2D eigenvalue weighted by atomic mass is 16.5. The second kappa shape index (κ2) is 7.68. The van der Waals surface area contributed by atoms with Crippen LogP contribution in [0, 0.1) is 0 Å². The van der Waals surface area contributed by atoms with Gasteiger partial charge < -0.3 is 25.4 Å². The summed E-state index contributed by atoms with van der Waals surface area (Å²) in [5.41, 5.74) is 0. The topological polar surface area (TPSA) is 108 Å². The quantitative estimate of drug-likeness (QED) is 0.625. The van der Waals surface area contributed by atoms with E-state index >= 15 is 0 Å². The van der Waals surface area contributed by atoms with Crippen molar-refractivity contribution >= 4 is 17.9 Å². The molecule has 0 bridgehead atoms. The van der Waals surface area contributed by atoms with E-state index in [1.54, 1.807) is 0 Å². The van der Waals surface area contributed by atoms with E-state index in [1.165, 1.54) is 11.9 Å². The minimum atomic E-state index is -1.08. The molecule has 0 aromatic carbocycles. The summed E-state index contributed by atoms with van der Waals surface area (Å²) >= 11 is 0. The molecule has 3 amide bonds. The van der Waals surface area contributed by atoms with Crippen LogP contribution in [0.2, 0.25) is 0 Å². The van der Waals surface area contributed by atoms with Crippen molar-refractivity contribution in [2.45, 2.75) is 31.8 Å². The second-order valence-electron chi connectivity index (χ2n) is 4.53.